The molecule has 0 saturated carbocycles. The zero-order valence-electron chi connectivity index (χ0n) is 12.7. The number of benzene rings is 1. The Kier molecular flexibility index (Phi) is 6.67. The van der Waals surface area contributed by atoms with E-state index < -0.39 is 0 Å². The van der Waals surface area contributed by atoms with Gasteiger partial charge < -0.3 is 19.7 Å². The molecule has 0 aromatic heterocycles. The van der Waals surface area contributed by atoms with E-state index in [-0.39, 0.29) is 0 Å². The van der Waals surface area contributed by atoms with Crippen molar-refractivity contribution in [1.29, 1.82) is 0 Å². The maximum atomic E-state index is 5.40. The van der Waals surface area contributed by atoms with Crippen LogP contribution in [0.25, 0.3) is 0 Å². The molecule has 1 N–H and O–H groups in total. The predicted molar refractivity (Wildman–Crippen MR) is 80.0 cm³/mol. The van der Waals surface area contributed by atoms with E-state index >= 15 is 0 Å². The van der Waals surface area contributed by atoms with Gasteiger partial charge in [0.2, 0.25) is 0 Å². The van der Waals surface area contributed by atoms with Gasteiger partial charge in [-0.15, -0.1) is 0 Å². The molecule has 1 atom stereocenters. The van der Waals surface area contributed by atoms with Crippen LogP contribution in [-0.2, 0) is 11.3 Å². The molecule has 1 unspecified atom stereocenters. The van der Waals surface area contributed by atoms with Crippen molar-refractivity contribution in [1.82, 2.24) is 4.90 Å². The average Bonchev–Trinajstić information content (AvgIpc) is 2.36. The van der Waals surface area contributed by atoms with E-state index in [0.29, 0.717) is 6.04 Å². The van der Waals surface area contributed by atoms with Crippen LogP contribution in [0.1, 0.15) is 18.9 Å². The maximum Gasteiger partial charge on any atom is 0.141 e. The molecule has 0 aliphatic heterocycles. The van der Waals surface area contributed by atoms with Crippen LogP contribution in [0.4, 0.5) is 5.69 Å². The van der Waals surface area contributed by atoms with Crippen LogP contribution in [0.15, 0.2) is 18.2 Å². The van der Waals surface area contributed by atoms with Gasteiger partial charge in [-0.3, -0.25) is 0 Å². The average molecular weight is 266 g/mol. The number of hydrogen-bond donors (Lipinski definition) is 1. The number of anilines is 1. The van der Waals surface area contributed by atoms with Crippen LogP contribution in [-0.4, -0.2) is 45.9 Å². The third kappa shape index (κ3) is 5.49. The molecule has 0 fully saturated rings. The minimum Gasteiger partial charge on any atom is -0.495 e. The van der Waals surface area contributed by atoms with Gasteiger partial charge in [0, 0.05) is 26.3 Å². The largest absolute Gasteiger partial charge is 0.495 e. The smallest absolute Gasteiger partial charge is 0.141 e. The Morgan fingerprint density at radius 1 is 1.26 bits per heavy atom. The van der Waals surface area contributed by atoms with E-state index in [1.165, 1.54) is 5.56 Å². The number of nitrogens with one attached hydrogen (secondary N) is 1. The number of methoxy groups -OCH3 is 2. The quantitative estimate of drug-likeness (QED) is 0.784. The van der Waals surface area contributed by atoms with Crippen molar-refractivity contribution in [2.75, 3.05) is 40.2 Å². The van der Waals surface area contributed by atoms with Gasteiger partial charge in [0.05, 0.1) is 12.8 Å². The highest BCUT2D eigenvalue weighted by molar-refractivity contribution is 5.58. The summed E-state index contributed by atoms with van der Waals surface area (Å²) < 4.78 is 10.5. The normalized spacial score (nSPS) is 12.5. The first-order valence-electron chi connectivity index (χ1n) is 6.64. The van der Waals surface area contributed by atoms with Crippen molar-refractivity contribution in [3.8, 4) is 5.75 Å². The van der Waals surface area contributed by atoms with E-state index in [0.717, 1.165) is 31.0 Å². The Morgan fingerprint density at radius 2 is 2.00 bits per heavy atom. The van der Waals surface area contributed by atoms with Crippen LogP contribution >= 0.6 is 0 Å². The first-order valence-corrected chi connectivity index (χ1v) is 6.64. The van der Waals surface area contributed by atoms with Crippen molar-refractivity contribution < 1.29 is 9.47 Å². The molecule has 19 heavy (non-hydrogen) atoms. The molecule has 1 rings (SSSR count). The highest BCUT2D eigenvalue weighted by Gasteiger charge is 2.08. The second kappa shape index (κ2) is 8.02. The van der Waals surface area contributed by atoms with Crippen LogP contribution in [0.3, 0.4) is 0 Å². The number of nitrogens with zero attached hydrogens (tertiary/aromatic N) is 1. The molecular formula is C15H26N2O2. The Hall–Kier alpha value is -1.26. The fourth-order valence-corrected chi connectivity index (χ4v) is 1.96. The number of ether oxygens (including phenoxy) is 2. The summed E-state index contributed by atoms with van der Waals surface area (Å²) >= 11 is 0. The molecule has 0 aliphatic rings. The highest BCUT2D eigenvalue weighted by atomic mass is 16.5. The molecule has 0 amide bonds. The Bertz CT molecular complexity index is 380. The first-order chi connectivity index (χ1) is 9.06. The van der Waals surface area contributed by atoms with E-state index in [1.807, 2.05) is 6.07 Å². The van der Waals surface area contributed by atoms with Gasteiger partial charge in [-0.2, -0.15) is 0 Å². The number of rotatable bonds is 8. The maximum absolute atomic E-state index is 5.40. The lowest BCUT2D eigenvalue weighted by Gasteiger charge is -2.19. The van der Waals surface area contributed by atoms with Crippen molar-refractivity contribution in [3.05, 3.63) is 23.8 Å². The van der Waals surface area contributed by atoms with Crippen LogP contribution < -0.4 is 10.1 Å². The molecule has 0 bridgehead atoms. The van der Waals surface area contributed by atoms with Gasteiger partial charge in [0.15, 0.2) is 0 Å². The summed E-state index contributed by atoms with van der Waals surface area (Å²) in [6, 6.07) is 6.62. The molecule has 1 aromatic rings. The Labute approximate surface area is 116 Å². The van der Waals surface area contributed by atoms with E-state index in [2.05, 4.69) is 43.4 Å². The Balaban J connectivity index is 2.77. The number of hydrogen-bond acceptors (Lipinski definition) is 4. The molecule has 0 radical (unpaired) electrons. The molecule has 0 heterocycles. The second-order valence-corrected chi connectivity index (χ2v) is 5.10. The lowest BCUT2D eigenvalue weighted by atomic mass is 10.1. The van der Waals surface area contributed by atoms with Crippen LogP contribution in [0.2, 0.25) is 0 Å². The molecule has 4 nitrogen and oxygen atoms in total. The minimum atomic E-state index is 0.350. The first kappa shape index (κ1) is 15.8. The van der Waals surface area contributed by atoms with Crippen molar-refractivity contribution >= 4 is 5.69 Å². The molecule has 108 valence electrons. The second-order valence-electron chi connectivity index (χ2n) is 5.10. The topological polar surface area (TPSA) is 33.7 Å². The fourth-order valence-electron chi connectivity index (χ4n) is 1.96. The minimum absolute atomic E-state index is 0.350. The zero-order chi connectivity index (χ0) is 14.3. The molecule has 0 saturated heterocycles. The van der Waals surface area contributed by atoms with Crippen LogP contribution in [0, 0.1) is 0 Å². The molecule has 4 heteroatoms. The third-order valence-corrected chi connectivity index (χ3v) is 2.92. The Morgan fingerprint density at radius 3 is 2.58 bits per heavy atom. The van der Waals surface area contributed by atoms with Crippen LogP contribution in [0.5, 0.6) is 5.75 Å². The molecular weight excluding hydrogens is 240 g/mol. The van der Waals surface area contributed by atoms with Gasteiger partial charge in [-0.05, 0) is 45.1 Å². The van der Waals surface area contributed by atoms with E-state index in [4.69, 9.17) is 9.47 Å². The SMILES string of the molecule is COCCC(C)Nc1cc(CN(C)C)ccc1OC. The van der Waals surface area contributed by atoms with E-state index in [1.54, 1.807) is 14.2 Å². The van der Waals surface area contributed by atoms with E-state index in [9.17, 15) is 0 Å². The summed E-state index contributed by atoms with van der Waals surface area (Å²) in [6.07, 6.45) is 0.970. The fraction of sp³-hybridized carbons (Fsp3) is 0.600. The predicted octanol–water partition coefficient (Wildman–Crippen LogP) is 2.59. The van der Waals surface area contributed by atoms with Gasteiger partial charge in [0.1, 0.15) is 5.75 Å². The lowest BCUT2D eigenvalue weighted by Crippen LogP contribution is -2.18. The summed E-state index contributed by atoms with van der Waals surface area (Å²) in [5, 5.41) is 3.49. The third-order valence-electron chi connectivity index (χ3n) is 2.92. The summed E-state index contributed by atoms with van der Waals surface area (Å²) in [5.41, 5.74) is 2.32. The van der Waals surface area contributed by atoms with Gasteiger partial charge >= 0.3 is 0 Å². The molecule has 0 spiro atoms. The summed E-state index contributed by atoms with van der Waals surface area (Å²) in [5.74, 6) is 0.881. The summed E-state index contributed by atoms with van der Waals surface area (Å²) in [6.45, 7) is 3.83. The van der Waals surface area contributed by atoms with Crippen molar-refractivity contribution in [2.45, 2.75) is 25.9 Å². The highest BCUT2D eigenvalue weighted by Crippen LogP contribution is 2.26. The summed E-state index contributed by atoms with van der Waals surface area (Å²) in [4.78, 5) is 2.15. The molecule has 0 aliphatic carbocycles. The monoisotopic (exact) mass is 266 g/mol. The zero-order valence-corrected chi connectivity index (χ0v) is 12.7. The van der Waals surface area contributed by atoms with Crippen molar-refractivity contribution in [3.63, 3.8) is 0 Å². The molecule has 1 aromatic carbocycles. The van der Waals surface area contributed by atoms with Gasteiger partial charge in [0.25, 0.3) is 0 Å². The van der Waals surface area contributed by atoms with Gasteiger partial charge in [-0.25, -0.2) is 0 Å². The van der Waals surface area contributed by atoms with Crippen molar-refractivity contribution in [2.24, 2.45) is 0 Å². The lowest BCUT2D eigenvalue weighted by molar-refractivity contribution is 0.191. The van der Waals surface area contributed by atoms with Gasteiger partial charge in [-0.1, -0.05) is 6.07 Å². The summed E-state index contributed by atoms with van der Waals surface area (Å²) in [7, 11) is 7.56. The standard InChI is InChI=1S/C15H26N2O2/c1-12(8-9-18-4)16-14-10-13(11-17(2)3)6-7-15(14)19-5/h6-7,10,12,16H,8-9,11H2,1-5H3.